The highest BCUT2D eigenvalue weighted by Gasteiger charge is 2.31. The largest absolute Gasteiger partial charge is 0.416 e. The molecule has 1 nitrogen and oxygen atoms in total. The molecule has 0 aromatic heterocycles. The van der Waals surface area contributed by atoms with E-state index >= 15 is 0 Å². The van der Waals surface area contributed by atoms with Crippen molar-refractivity contribution in [2.75, 3.05) is 6.61 Å². The molecule has 1 fully saturated rings. The maximum absolute atomic E-state index is 13.3. The van der Waals surface area contributed by atoms with Gasteiger partial charge in [0.25, 0.3) is 0 Å². The van der Waals surface area contributed by atoms with Gasteiger partial charge in [0, 0.05) is 16.8 Å². The van der Waals surface area contributed by atoms with Crippen LogP contribution in [-0.2, 0) is 10.9 Å². The number of ether oxygens (including phenoxy) is 1. The number of hydrogen-bond donors (Lipinski definition) is 0. The molecule has 0 N–H and O–H groups in total. The maximum atomic E-state index is 13.3. The van der Waals surface area contributed by atoms with Crippen molar-refractivity contribution in [2.24, 2.45) is 0 Å². The van der Waals surface area contributed by atoms with Crippen molar-refractivity contribution in [1.82, 2.24) is 0 Å². The topological polar surface area (TPSA) is 9.23 Å². The molecule has 2 atom stereocenters. The van der Waals surface area contributed by atoms with Crippen molar-refractivity contribution < 1.29 is 22.3 Å². The van der Waals surface area contributed by atoms with Gasteiger partial charge in [-0.25, -0.2) is 4.39 Å². The number of thioether (sulfide) groups is 1. The molecule has 0 bridgehead atoms. The van der Waals surface area contributed by atoms with Gasteiger partial charge in [0.15, 0.2) is 0 Å². The van der Waals surface area contributed by atoms with Crippen LogP contribution in [0.15, 0.2) is 47.4 Å². The summed E-state index contributed by atoms with van der Waals surface area (Å²) in [5.74, 6) is -0.490. The molecule has 25 heavy (non-hydrogen) atoms. The molecule has 0 spiro atoms. The second-order valence-corrected chi connectivity index (χ2v) is 7.60. The maximum Gasteiger partial charge on any atom is 0.416 e. The average molecular weight is 391 g/mol. The van der Waals surface area contributed by atoms with Gasteiger partial charge >= 0.3 is 6.18 Å². The van der Waals surface area contributed by atoms with Crippen molar-refractivity contribution in [2.45, 2.75) is 35.3 Å². The fourth-order valence-corrected chi connectivity index (χ4v) is 4.17. The first-order chi connectivity index (χ1) is 11.8. The molecule has 0 amide bonds. The van der Waals surface area contributed by atoms with Crippen LogP contribution in [0.5, 0.6) is 0 Å². The third-order valence-corrected chi connectivity index (χ3v) is 5.59. The number of benzene rings is 2. The highest BCUT2D eigenvalue weighted by atomic mass is 35.5. The van der Waals surface area contributed by atoms with Crippen LogP contribution in [0.4, 0.5) is 17.6 Å². The Bertz CT molecular complexity index is 750. The van der Waals surface area contributed by atoms with Crippen LogP contribution in [-0.4, -0.2) is 11.9 Å². The Balaban J connectivity index is 1.70. The van der Waals surface area contributed by atoms with Crippen LogP contribution in [0.1, 0.15) is 30.1 Å². The van der Waals surface area contributed by atoms with E-state index in [1.54, 1.807) is 18.2 Å². The van der Waals surface area contributed by atoms with Gasteiger partial charge in [0.2, 0.25) is 0 Å². The average Bonchev–Trinajstić information content (AvgIpc) is 2.57. The Morgan fingerprint density at radius 2 is 1.92 bits per heavy atom. The minimum absolute atomic E-state index is 0.0359. The van der Waals surface area contributed by atoms with E-state index in [1.807, 2.05) is 0 Å². The van der Waals surface area contributed by atoms with E-state index in [1.165, 1.54) is 30.0 Å². The summed E-state index contributed by atoms with van der Waals surface area (Å²) in [4.78, 5) is 0.581. The van der Waals surface area contributed by atoms with E-state index in [4.69, 9.17) is 16.3 Å². The minimum atomic E-state index is -4.35. The first-order valence-corrected chi connectivity index (χ1v) is 8.99. The van der Waals surface area contributed by atoms with Crippen molar-refractivity contribution >= 4 is 23.4 Å². The molecule has 1 saturated heterocycles. The van der Waals surface area contributed by atoms with Crippen molar-refractivity contribution in [3.63, 3.8) is 0 Å². The molecular weight excluding hydrogens is 376 g/mol. The number of hydrogen-bond acceptors (Lipinski definition) is 2. The van der Waals surface area contributed by atoms with Gasteiger partial charge in [-0.05, 0) is 48.7 Å². The number of alkyl halides is 3. The molecule has 1 heterocycles. The molecule has 3 rings (SSSR count). The van der Waals surface area contributed by atoms with Crippen LogP contribution >= 0.6 is 23.4 Å². The lowest BCUT2D eigenvalue weighted by molar-refractivity contribution is -0.137. The van der Waals surface area contributed by atoms with E-state index in [-0.39, 0.29) is 16.4 Å². The molecule has 0 saturated carbocycles. The SMILES string of the molecule is Fc1ccc(C2CC(Sc3cccc(C(F)(F)F)c3)CCO2)cc1Cl. The molecule has 7 heteroatoms. The highest BCUT2D eigenvalue weighted by molar-refractivity contribution is 8.00. The Kier molecular flexibility index (Phi) is 5.61. The lowest BCUT2D eigenvalue weighted by Crippen LogP contribution is -2.21. The summed E-state index contributed by atoms with van der Waals surface area (Å²) in [5.41, 5.74) is 0.132. The summed E-state index contributed by atoms with van der Waals surface area (Å²) in [6.45, 7) is 0.496. The summed E-state index contributed by atoms with van der Waals surface area (Å²) in [7, 11) is 0. The van der Waals surface area contributed by atoms with Gasteiger partial charge < -0.3 is 4.74 Å². The van der Waals surface area contributed by atoms with Gasteiger partial charge in [0.05, 0.1) is 16.7 Å². The van der Waals surface area contributed by atoms with E-state index < -0.39 is 17.6 Å². The van der Waals surface area contributed by atoms with Crippen LogP contribution in [0.25, 0.3) is 0 Å². The molecule has 0 aliphatic carbocycles. The molecule has 134 valence electrons. The zero-order valence-corrected chi connectivity index (χ0v) is 14.6. The third-order valence-electron chi connectivity index (χ3n) is 4.02. The second-order valence-electron chi connectivity index (χ2n) is 5.82. The second kappa shape index (κ2) is 7.56. The molecule has 2 aromatic rings. The number of rotatable bonds is 3. The van der Waals surface area contributed by atoms with Gasteiger partial charge in [0.1, 0.15) is 5.82 Å². The Morgan fingerprint density at radius 1 is 1.12 bits per heavy atom. The lowest BCUT2D eigenvalue weighted by Gasteiger charge is -2.29. The predicted molar refractivity (Wildman–Crippen MR) is 90.4 cm³/mol. The zero-order chi connectivity index (χ0) is 18.0. The minimum Gasteiger partial charge on any atom is -0.373 e. The monoisotopic (exact) mass is 390 g/mol. The van der Waals surface area contributed by atoms with Gasteiger partial charge in [-0.3, -0.25) is 0 Å². The molecule has 1 aliphatic heterocycles. The van der Waals surface area contributed by atoms with Crippen LogP contribution in [0, 0.1) is 5.82 Å². The van der Waals surface area contributed by atoms with Crippen molar-refractivity contribution in [3.8, 4) is 0 Å². The molecular formula is C18H15ClF4OS. The Labute approximate surface area is 152 Å². The highest BCUT2D eigenvalue weighted by Crippen LogP contribution is 2.39. The summed E-state index contributed by atoms with van der Waals surface area (Å²) >= 11 is 7.23. The summed E-state index contributed by atoms with van der Waals surface area (Å²) in [5, 5.41) is 0.153. The summed E-state index contributed by atoms with van der Waals surface area (Å²) < 4.78 is 57.5. The zero-order valence-electron chi connectivity index (χ0n) is 13.0. The third kappa shape index (κ3) is 4.68. The van der Waals surface area contributed by atoms with Crippen molar-refractivity contribution in [3.05, 3.63) is 64.4 Å². The van der Waals surface area contributed by atoms with Gasteiger partial charge in [-0.2, -0.15) is 13.2 Å². The van der Waals surface area contributed by atoms with Gasteiger partial charge in [-0.15, -0.1) is 11.8 Å². The van der Waals surface area contributed by atoms with Gasteiger partial charge in [-0.1, -0.05) is 23.7 Å². The van der Waals surface area contributed by atoms with Crippen LogP contribution in [0.2, 0.25) is 5.02 Å². The van der Waals surface area contributed by atoms with E-state index in [0.717, 1.165) is 18.1 Å². The van der Waals surface area contributed by atoms with E-state index in [0.29, 0.717) is 17.9 Å². The predicted octanol–water partition coefficient (Wildman–Crippen LogP) is 6.51. The molecule has 2 unspecified atom stereocenters. The fourth-order valence-electron chi connectivity index (χ4n) is 2.76. The molecule has 1 aliphatic rings. The smallest absolute Gasteiger partial charge is 0.373 e. The number of halogens is 5. The quantitative estimate of drug-likeness (QED) is 0.552. The summed E-state index contributed by atoms with van der Waals surface area (Å²) in [6, 6.07) is 9.80. The molecule has 2 aromatic carbocycles. The van der Waals surface area contributed by atoms with Crippen molar-refractivity contribution in [1.29, 1.82) is 0 Å². The molecule has 0 radical (unpaired) electrons. The van der Waals surface area contributed by atoms with Crippen LogP contribution < -0.4 is 0 Å². The first kappa shape index (κ1) is 18.5. The Hall–Kier alpha value is -1.24. The van der Waals surface area contributed by atoms with E-state index in [2.05, 4.69) is 0 Å². The normalized spacial score (nSPS) is 21.3. The summed E-state index contributed by atoms with van der Waals surface area (Å²) in [6.07, 6.45) is -3.22. The Morgan fingerprint density at radius 3 is 2.64 bits per heavy atom. The first-order valence-electron chi connectivity index (χ1n) is 7.73. The standard InChI is InChI=1S/C18H15ClF4OS/c19-15-8-11(4-5-16(15)20)17-10-14(6-7-24-17)25-13-3-1-2-12(9-13)18(21,22)23/h1-5,8-9,14,17H,6-7,10H2. The lowest BCUT2D eigenvalue weighted by atomic mass is 10.0. The van der Waals surface area contributed by atoms with E-state index in [9.17, 15) is 17.6 Å². The van der Waals surface area contributed by atoms with Crippen LogP contribution in [0.3, 0.4) is 0 Å². The fraction of sp³-hybridized carbons (Fsp3) is 0.333.